The van der Waals surface area contributed by atoms with Gasteiger partial charge in [0.25, 0.3) is 5.91 Å². The van der Waals surface area contributed by atoms with Crippen LogP contribution in [-0.4, -0.2) is 42.1 Å². The van der Waals surface area contributed by atoms with Crippen LogP contribution in [0.15, 0.2) is 18.2 Å². The average Bonchev–Trinajstić information content (AvgIpc) is 2.54. The van der Waals surface area contributed by atoms with Gasteiger partial charge in [-0.25, -0.2) is 18.4 Å². The van der Waals surface area contributed by atoms with E-state index in [-0.39, 0.29) is 12.1 Å². The molecular weight excluding hydrogens is 356 g/mol. The monoisotopic (exact) mass is 375 g/mol. The lowest BCUT2D eigenvalue weighted by atomic mass is 10.2. The minimum atomic E-state index is -1.22. The quantitative estimate of drug-likeness (QED) is 0.598. The van der Waals surface area contributed by atoms with E-state index in [1.807, 2.05) is 6.26 Å². The Labute approximate surface area is 147 Å². The highest BCUT2D eigenvalue weighted by Gasteiger charge is 2.25. The van der Waals surface area contributed by atoms with Crippen LogP contribution in [0, 0.1) is 11.6 Å². The average molecular weight is 375 g/mol. The molecular formula is C15H19F2N3O4S. The van der Waals surface area contributed by atoms with Crippen molar-refractivity contribution in [2.45, 2.75) is 25.5 Å². The first kappa shape index (κ1) is 20.7. The van der Waals surface area contributed by atoms with Crippen molar-refractivity contribution in [3.63, 3.8) is 0 Å². The Bertz CT molecular complexity index is 645. The third kappa shape index (κ3) is 6.96. The lowest BCUT2D eigenvalue weighted by Crippen LogP contribution is -2.46. The van der Waals surface area contributed by atoms with Crippen molar-refractivity contribution < 1.29 is 27.9 Å². The maximum atomic E-state index is 13.1. The molecule has 10 heteroatoms. The second-order valence-corrected chi connectivity index (χ2v) is 6.03. The highest BCUT2D eigenvalue weighted by molar-refractivity contribution is 7.98. The van der Waals surface area contributed by atoms with E-state index >= 15 is 0 Å². The largest absolute Gasteiger partial charge is 0.451 e. The summed E-state index contributed by atoms with van der Waals surface area (Å²) in [5.41, 5.74) is 5.03. The lowest BCUT2D eigenvalue weighted by Gasteiger charge is -2.19. The number of rotatable bonds is 8. The molecule has 0 fully saturated rings. The van der Waals surface area contributed by atoms with Crippen LogP contribution >= 0.6 is 11.8 Å². The van der Waals surface area contributed by atoms with Gasteiger partial charge in [-0.05, 0) is 37.5 Å². The molecule has 0 bridgehead atoms. The third-order valence-corrected chi connectivity index (χ3v) is 3.70. The van der Waals surface area contributed by atoms with Crippen molar-refractivity contribution in [2.75, 3.05) is 17.3 Å². The van der Waals surface area contributed by atoms with Crippen LogP contribution in [-0.2, 0) is 14.3 Å². The van der Waals surface area contributed by atoms with Gasteiger partial charge in [0.05, 0.1) is 0 Å². The number of primary amides is 1. The van der Waals surface area contributed by atoms with Crippen molar-refractivity contribution in [1.82, 2.24) is 5.32 Å². The number of amides is 3. The first-order valence-corrected chi connectivity index (χ1v) is 8.65. The summed E-state index contributed by atoms with van der Waals surface area (Å²) in [7, 11) is 0. The number of halogens is 2. The number of carbonyl (C=O) groups excluding carboxylic acids is 3. The predicted molar refractivity (Wildman–Crippen MR) is 90.0 cm³/mol. The number of hydrogen-bond acceptors (Lipinski definition) is 5. The Morgan fingerprint density at radius 2 is 1.96 bits per heavy atom. The van der Waals surface area contributed by atoms with Gasteiger partial charge in [-0.3, -0.25) is 4.79 Å². The van der Waals surface area contributed by atoms with Gasteiger partial charge < -0.3 is 21.1 Å². The number of benzene rings is 1. The van der Waals surface area contributed by atoms with E-state index in [0.717, 1.165) is 12.1 Å². The van der Waals surface area contributed by atoms with Crippen LogP contribution in [0.3, 0.4) is 0 Å². The molecule has 138 valence electrons. The molecule has 0 radical (unpaired) electrons. The molecule has 4 N–H and O–H groups in total. The molecule has 1 aromatic rings. The van der Waals surface area contributed by atoms with Crippen molar-refractivity contribution in [3.05, 3.63) is 29.8 Å². The molecule has 0 aromatic heterocycles. The number of ether oxygens (including phenoxy) is 1. The zero-order valence-electron chi connectivity index (χ0n) is 13.7. The maximum Gasteiger partial charge on any atom is 0.329 e. The van der Waals surface area contributed by atoms with Crippen molar-refractivity contribution in [2.24, 2.45) is 5.73 Å². The molecule has 0 saturated carbocycles. The van der Waals surface area contributed by atoms with Gasteiger partial charge in [-0.2, -0.15) is 11.8 Å². The van der Waals surface area contributed by atoms with Crippen LogP contribution < -0.4 is 16.4 Å². The molecule has 0 aliphatic heterocycles. The number of carbonyl (C=O) groups is 3. The second kappa shape index (κ2) is 9.82. The number of thioether (sulfide) groups is 1. The number of esters is 1. The Morgan fingerprint density at radius 1 is 1.28 bits per heavy atom. The molecule has 1 aromatic carbocycles. The molecule has 0 aliphatic rings. The Hall–Kier alpha value is -2.36. The number of nitrogens with one attached hydrogen (secondary N) is 2. The highest BCUT2D eigenvalue weighted by Crippen LogP contribution is 2.14. The molecule has 2 atom stereocenters. The predicted octanol–water partition coefficient (Wildman–Crippen LogP) is 1.62. The van der Waals surface area contributed by atoms with Gasteiger partial charge in [0.1, 0.15) is 6.04 Å². The van der Waals surface area contributed by atoms with E-state index in [2.05, 4.69) is 10.6 Å². The topological polar surface area (TPSA) is 111 Å². The highest BCUT2D eigenvalue weighted by atomic mass is 32.2. The van der Waals surface area contributed by atoms with Crippen LogP contribution in [0.5, 0.6) is 0 Å². The van der Waals surface area contributed by atoms with Crippen molar-refractivity contribution in [3.8, 4) is 0 Å². The Kier molecular flexibility index (Phi) is 8.12. The summed E-state index contributed by atoms with van der Waals surface area (Å²) >= 11 is 1.46. The summed E-state index contributed by atoms with van der Waals surface area (Å²) in [5, 5.41) is 4.55. The number of urea groups is 1. The fourth-order valence-corrected chi connectivity index (χ4v) is 2.26. The van der Waals surface area contributed by atoms with Gasteiger partial charge >= 0.3 is 12.0 Å². The molecule has 0 unspecified atom stereocenters. The lowest BCUT2D eigenvalue weighted by molar-refractivity contribution is -0.155. The normalized spacial score (nSPS) is 12.8. The van der Waals surface area contributed by atoms with Gasteiger partial charge in [-0.15, -0.1) is 0 Å². The van der Waals surface area contributed by atoms with Crippen LogP contribution in [0.1, 0.15) is 13.3 Å². The molecule has 3 amide bonds. The van der Waals surface area contributed by atoms with E-state index in [9.17, 15) is 23.2 Å². The second-order valence-electron chi connectivity index (χ2n) is 5.04. The first-order valence-electron chi connectivity index (χ1n) is 7.26. The maximum absolute atomic E-state index is 13.1. The number of hydrogen-bond donors (Lipinski definition) is 3. The molecule has 0 aliphatic carbocycles. The molecule has 25 heavy (non-hydrogen) atoms. The summed E-state index contributed by atoms with van der Waals surface area (Å²) in [6.45, 7) is 1.31. The fourth-order valence-electron chi connectivity index (χ4n) is 1.78. The van der Waals surface area contributed by atoms with E-state index in [0.29, 0.717) is 5.75 Å². The Morgan fingerprint density at radius 3 is 2.52 bits per heavy atom. The minimum absolute atomic E-state index is 0.0148. The summed E-state index contributed by atoms with van der Waals surface area (Å²) in [5.74, 6) is -3.16. The summed E-state index contributed by atoms with van der Waals surface area (Å²) in [6, 6.07) is 0.959. The van der Waals surface area contributed by atoms with Crippen LogP contribution in [0.25, 0.3) is 0 Å². The van der Waals surface area contributed by atoms with E-state index < -0.39 is 41.7 Å². The molecule has 0 spiro atoms. The zero-order chi connectivity index (χ0) is 19.0. The minimum Gasteiger partial charge on any atom is -0.451 e. The molecule has 0 heterocycles. The third-order valence-electron chi connectivity index (χ3n) is 3.06. The smallest absolute Gasteiger partial charge is 0.329 e. The van der Waals surface area contributed by atoms with E-state index in [1.54, 1.807) is 0 Å². The molecule has 0 saturated heterocycles. The van der Waals surface area contributed by atoms with Crippen LogP contribution in [0.2, 0.25) is 0 Å². The number of anilines is 1. The first-order chi connectivity index (χ1) is 11.7. The van der Waals surface area contributed by atoms with E-state index in [1.165, 1.54) is 24.8 Å². The van der Waals surface area contributed by atoms with Crippen molar-refractivity contribution in [1.29, 1.82) is 0 Å². The van der Waals surface area contributed by atoms with E-state index in [4.69, 9.17) is 10.5 Å². The van der Waals surface area contributed by atoms with Crippen molar-refractivity contribution >= 4 is 35.4 Å². The molecule has 7 nitrogen and oxygen atoms in total. The molecule has 1 rings (SSSR count). The van der Waals surface area contributed by atoms with Crippen LogP contribution in [0.4, 0.5) is 19.3 Å². The summed E-state index contributed by atoms with van der Waals surface area (Å²) in [4.78, 5) is 35.0. The van der Waals surface area contributed by atoms with Gasteiger partial charge in [0.15, 0.2) is 17.7 Å². The number of nitrogens with two attached hydrogens (primary N) is 1. The summed E-state index contributed by atoms with van der Waals surface area (Å²) < 4.78 is 31.0. The summed E-state index contributed by atoms with van der Waals surface area (Å²) in [6.07, 6.45) is 0.887. The fraction of sp³-hybridized carbons (Fsp3) is 0.400. The van der Waals surface area contributed by atoms with Gasteiger partial charge in [0.2, 0.25) is 0 Å². The standard InChI is InChI=1S/C15H19F2N3O4S/c1-8(13(21)19-9-3-4-10(16)11(17)7-9)24-14(22)12(5-6-25-2)20-15(18)23/h3-4,7-8,12H,5-6H2,1-2H3,(H,19,21)(H3,18,20,23)/t8-,12-/m1/s1. The zero-order valence-corrected chi connectivity index (χ0v) is 14.5. The SMILES string of the molecule is CSCC[C@@H](NC(N)=O)C(=O)O[C@H](C)C(=O)Nc1ccc(F)c(F)c1. The van der Waals surface area contributed by atoms with Gasteiger partial charge in [-0.1, -0.05) is 0 Å². The van der Waals surface area contributed by atoms with Gasteiger partial charge in [0, 0.05) is 11.8 Å². The Balaban J connectivity index is 2.65.